The number of carbonyl (C=O) groups excluding carboxylic acids is 2. The first kappa shape index (κ1) is 40.4. The molecule has 8 nitrogen and oxygen atoms in total. The van der Waals surface area contributed by atoms with Crippen molar-refractivity contribution in [1.82, 2.24) is 0 Å². The van der Waals surface area contributed by atoms with E-state index in [1.54, 1.807) is 18.2 Å². The van der Waals surface area contributed by atoms with Gasteiger partial charge in [-0.1, -0.05) is 128 Å². The fraction of sp³-hybridized carbons (Fsp3) is 0.730. The van der Waals surface area contributed by atoms with Crippen LogP contribution < -0.4 is 4.74 Å². The second-order valence-electron chi connectivity index (χ2n) is 12.1. The van der Waals surface area contributed by atoms with Gasteiger partial charge in [-0.15, -0.1) is 0 Å². The largest absolute Gasteiger partial charge is 0.504 e. The van der Waals surface area contributed by atoms with Crippen LogP contribution in [-0.4, -0.2) is 60.3 Å². The van der Waals surface area contributed by atoms with E-state index in [1.165, 1.54) is 122 Å². The number of aliphatic hydroxyl groups is 2. The van der Waals surface area contributed by atoms with Crippen LogP contribution in [-0.2, 0) is 19.1 Å². The Morgan fingerprint density at radius 2 is 1.18 bits per heavy atom. The lowest BCUT2D eigenvalue weighted by Crippen LogP contribution is -2.21. The van der Waals surface area contributed by atoms with E-state index in [4.69, 9.17) is 24.4 Å². The summed E-state index contributed by atoms with van der Waals surface area (Å²) >= 11 is 0. The molecule has 1 unspecified atom stereocenters. The highest BCUT2D eigenvalue weighted by atomic mass is 16.5. The molecule has 0 aliphatic carbocycles. The van der Waals surface area contributed by atoms with Crippen LogP contribution in [0.25, 0.3) is 6.08 Å². The minimum Gasteiger partial charge on any atom is -0.504 e. The summed E-state index contributed by atoms with van der Waals surface area (Å²) in [6.07, 6.45) is 28.6. The van der Waals surface area contributed by atoms with E-state index >= 15 is 0 Å². The second kappa shape index (κ2) is 28.9. The van der Waals surface area contributed by atoms with Gasteiger partial charge in [-0.2, -0.15) is 0 Å². The van der Waals surface area contributed by atoms with E-state index in [0.717, 1.165) is 37.7 Å². The fourth-order valence-corrected chi connectivity index (χ4v) is 5.23. The molecule has 1 rings (SSSR count). The van der Waals surface area contributed by atoms with Crippen molar-refractivity contribution < 1.29 is 39.1 Å². The Balaban J connectivity index is 1.76. The Bertz CT molecular complexity index is 900. The van der Waals surface area contributed by atoms with Gasteiger partial charge in [0.2, 0.25) is 0 Å². The maximum Gasteiger partial charge on any atom is 0.330 e. The number of benzene rings is 1. The zero-order chi connectivity index (χ0) is 32.8. The molecule has 0 saturated carbocycles. The van der Waals surface area contributed by atoms with Crippen LogP contribution >= 0.6 is 0 Å². The number of hydrogen-bond donors (Lipinski definition) is 3. The molecule has 1 aromatic rings. The fourth-order valence-electron chi connectivity index (χ4n) is 5.23. The first-order valence-electron chi connectivity index (χ1n) is 17.6. The molecule has 1 atom stereocenters. The summed E-state index contributed by atoms with van der Waals surface area (Å²) in [5, 5.41) is 27.5. The lowest BCUT2D eigenvalue weighted by Gasteiger charge is -2.08. The van der Waals surface area contributed by atoms with Crippen molar-refractivity contribution in [3.63, 3.8) is 0 Å². The standard InChI is InChI=1S/C37H62O8/c1-43-35-29-32(24-26-34(35)40)25-27-37(42)44-28-22-20-18-16-14-12-10-8-6-4-2-3-5-7-9-11-13-15-17-19-21-23-36(41)45-31-33(39)30-38/h24-27,29,33,38-40H,2-23,28,30-31H2,1H3. The Morgan fingerprint density at radius 3 is 1.64 bits per heavy atom. The number of methoxy groups -OCH3 is 1. The number of aliphatic hydroxyl groups excluding tert-OH is 2. The monoisotopic (exact) mass is 634 g/mol. The molecule has 258 valence electrons. The van der Waals surface area contributed by atoms with Gasteiger partial charge < -0.3 is 29.5 Å². The van der Waals surface area contributed by atoms with Gasteiger partial charge in [0.1, 0.15) is 12.7 Å². The summed E-state index contributed by atoms with van der Waals surface area (Å²) < 4.78 is 15.3. The summed E-state index contributed by atoms with van der Waals surface area (Å²) in [4.78, 5) is 23.4. The van der Waals surface area contributed by atoms with Crippen LogP contribution in [0.3, 0.4) is 0 Å². The molecule has 0 aliphatic heterocycles. The highest BCUT2D eigenvalue weighted by Crippen LogP contribution is 2.26. The number of phenolic OH excluding ortho intramolecular Hbond substituents is 1. The van der Waals surface area contributed by atoms with E-state index in [0.29, 0.717) is 18.8 Å². The molecular formula is C37H62O8. The molecule has 0 radical (unpaired) electrons. The van der Waals surface area contributed by atoms with E-state index in [9.17, 15) is 14.7 Å². The van der Waals surface area contributed by atoms with Crippen LogP contribution in [0.2, 0.25) is 0 Å². The van der Waals surface area contributed by atoms with Gasteiger partial charge in [-0.25, -0.2) is 4.79 Å². The highest BCUT2D eigenvalue weighted by Gasteiger charge is 2.07. The quantitative estimate of drug-likeness (QED) is 0.0438. The molecule has 0 spiro atoms. The Labute approximate surface area is 272 Å². The van der Waals surface area contributed by atoms with E-state index in [-0.39, 0.29) is 30.9 Å². The molecule has 8 heteroatoms. The van der Waals surface area contributed by atoms with Crippen LogP contribution in [0.5, 0.6) is 11.5 Å². The summed E-state index contributed by atoms with van der Waals surface area (Å²) in [7, 11) is 1.49. The van der Waals surface area contributed by atoms with Gasteiger partial charge in [0.25, 0.3) is 0 Å². The number of hydrogen-bond acceptors (Lipinski definition) is 8. The summed E-state index contributed by atoms with van der Waals surface area (Å²) in [6.45, 7) is -0.0530. The number of unbranched alkanes of at least 4 members (excludes halogenated alkanes) is 20. The van der Waals surface area contributed by atoms with Crippen molar-refractivity contribution in [3.8, 4) is 11.5 Å². The third kappa shape index (κ3) is 24.3. The third-order valence-corrected chi connectivity index (χ3v) is 8.03. The Hall–Kier alpha value is -2.58. The number of ether oxygens (including phenoxy) is 3. The van der Waals surface area contributed by atoms with Crippen molar-refractivity contribution in [2.24, 2.45) is 0 Å². The molecule has 0 heterocycles. The van der Waals surface area contributed by atoms with Gasteiger partial charge in [-0.05, 0) is 36.6 Å². The molecule has 45 heavy (non-hydrogen) atoms. The van der Waals surface area contributed by atoms with Gasteiger partial charge in [0.15, 0.2) is 11.5 Å². The molecule has 0 saturated heterocycles. The number of carbonyl (C=O) groups is 2. The Kier molecular flexibility index (Phi) is 25.9. The lowest BCUT2D eigenvalue weighted by atomic mass is 10.0. The molecule has 0 fully saturated rings. The molecule has 0 aromatic heterocycles. The highest BCUT2D eigenvalue weighted by molar-refractivity contribution is 5.87. The van der Waals surface area contributed by atoms with Crippen molar-refractivity contribution in [2.75, 3.05) is 26.9 Å². The summed E-state index contributed by atoms with van der Waals surface area (Å²) in [5.74, 6) is -0.201. The SMILES string of the molecule is COc1cc(C=CC(=O)OCCCCCCCCCCCCCCCCCCCCCCCC(=O)OCC(O)CO)ccc1O. The van der Waals surface area contributed by atoms with Crippen LogP contribution in [0.4, 0.5) is 0 Å². The van der Waals surface area contributed by atoms with Crippen LogP contribution in [0.1, 0.15) is 147 Å². The van der Waals surface area contributed by atoms with Crippen LogP contribution in [0, 0.1) is 0 Å². The number of aromatic hydroxyl groups is 1. The predicted octanol–water partition coefficient (Wildman–Crippen LogP) is 8.44. The van der Waals surface area contributed by atoms with Crippen molar-refractivity contribution >= 4 is 18.0 Å². The molecule has 1 aromatic carbocycles. The minimum absolute atomic E-state index is 0.0686. The summed E-state index contributed by atoms with van der Waals surface area (Å²) in [5.41, 5.74) is 0.764. The molecule has 3 N–H and O–H groups in total. The van der Waals surface area contributed by atoms with Gasteiger partial charge >= 0.3 is 11.9 Å². The first-order valence-corrected chi connectivity index (χ1v) is 17.6. The number of esters is 2. The van der Waals surface area contributed by atoms with Gasteiger partial charge in [0.05, 0.1) is 20.3 Å². The van der Waals surface area contributed by atoms with E-state index < -0.39 is 6.10 Å². The lowest BCUT2D eigenvalue weighted by molar-refractivity contribution is -0.147. The van der Waals surface area contributed by atoms with Gasteiger partial charge in [0, 0.05) is 12.5 Å². The predicted molar refractivity (Wildman–Crippen MR) is 180 cm³/mol. The molecule has 0 aliphatic rings. The first-order chi connectivity index (χ1) is 22.0. The maximum absolute atomic E-state index is 11.9. The molecule has 0 amide bonds. The molecular weight excluding hydrogens is 572 g/mol. The zero-order valence-electron chi connectivity index (χ0n) is 28.0. The van der Waals surface area contributed by atoms with Crippen molar-refractivity contribution in [3.05, 3.63) is 29.8 Å². The Morgan fingerprint density at radius 1 is 0.711 bits per heavy atom. The summed E-state index contributed by atoms with van der Waals surface area (Å²) in [6, 6.07) is 4.92. The topological polar surface area (TPSA) is 123 Å². The maximum atomic E-state index is 11.9. The number of rotatable bonds is 30. The van der Waals surface area contributed by atoms with E-state index in [2.05, 4.69) is 0 Å². The smallest absolute Gasteiger partial charge is 0.330 e. The third-order valence-electron chi connectivity index (χ3n) is 8.03. The normalized spacial score (nSPS) is 12.0. The number of phenols is 1. The molecule has 0 bridgehead atoms. The van der Waals surface area contributed by atoms with Crippen LogP contribution in [0.15, 0.2) is 24.3 Å². The van der Waals surface area contributed by atoms with E-state index in [1.807, 2.05) is 0 Å². The van der Waals surface area contributed by atoms with Gasteiger partial charge in [-0.3, -0.25) is 4.79 Å². The van der Waals surface area contributed by atoms with Crippen molar-refractivity contribution in [1.29, 1.82) is 0 Å². The average Bonchev–Trinajstić information content (AvgIpc) is 3.05. The second-order valence-corrected chi connectivity index (χ2v) is 12.1. The van der Waals surface area contributed by atoms with Crippen molar-refractivity contribution in [2.45, 2.75) is 147 Å². The minimum atomic E-state index is -0.974. The average molecular weight is 635 g/mol. The zero-order valence-corrected chi connectivity index (χ0v) is 28.0.